The van der Waals surface area contributed by atoms with Gasteiger partial charge in [0.25, 0.3) is 0 Å². The van der Waals surface area contributed by atoms with Crippen LogP contribution in [0.5, 0.6) is 5.75 Å². The third-order valence-corrected chi connectivity index (χ3v) is 3.09. The zero-order valence-corrected chi connectivity index (χ0v) is 11.9. The average molecular weight is 340 g/mol. The number of hydrogen-bond acceptors (Lipinski definition) is 3. The van der Waals surface area contributed by atoms with Crippen LogP contribution in [0.3, 0.4) is 0 Å². The van der Waals surface area contributed by atoms with Gasteiger partial charge in [-0.05, 0) is 36.4 Å². The first-order valence-corrected chi connectivity index (χ1v) is 6.50. The summed E-state index contributed by atoms with van der Waals surface area (Å²) in [6, 6.07) is 11.2. The average Bonchev–Trinajstić information content (AvgIpc) is 2.40. The van der Waals surface area contributed by atoms with Crippen LogP contribution < -0.4 is 4.74 Å². The maximum Gasteiger partial charge on any atom is 0.343 e. The van der Waals surface area contributed by atoms with Crippen LogP contribution in [-0.2, 0) is 0 Å². The van der Waals surface area contributed by atoms with Crippen molar-refractivity contribution in [3.8, 4) is 5.75 Å². The lowest BCUT2D eigenvalue weighted by Gasteiger charge is -2.07. The third kappa shape index (κ3) is 3.43. The number of benzene rings is 2. The fourth-order valence-corrected chi connectivity index (χ4v) is 2.05. The standard InChI is InChI=1S/C14H8BrClO3/c15-11-4-5-13(10(6-11)8-17)19-14(18)9-2-1-3-12(16)7-9/h1-8H. The van der Waals surface area contributed by atoms with Gasteiger partial charge in [-0.3, -0.25) is 4.79 Å². The summed E-state index contributed by atoms with van der Waals surface area (Å²) in [6.07, 6.45) is 0.630. The van der Waals surface area contributed by atoms with Crippen LogP contribution >= 0.6 is 27.5 Å². The summed E-state index contributed by atoms with van der Waals surface area (Å²) in [4.78, 5) is 22.8. The van der Waals surface area contributed by atoms with E-state index in [1.54, 1.807) is 36.4 Å². The van der Waals surface area contributed by atoms with Crippen molar-refractivity contribution >= 4 is 39.8 Å². The number of halogens is 2. The molecule has 96 valence electrons. The molecule has 0 atom stereocenters. The Balaban J connectivity index is 2.26. The SMILES string of the molecule is O=Cc1cc(Br)ccc1OC(=O)c1cccc(Cl)c1. The monoisotopic (exact) mass is 338 g/mol. The molecule has 0 saturated carbocycles. The highest BCUT2D eigenvalue weighted by Gasteiger charge is 2.12. The Hall–Kier alpha value is -1.65. The van der Waals surface area contributed by atoms with Gasteiger partial charge in [0.1, 0.15) is 5.75 Å². The van der Waals surface area contributed by atoms with Gasteiger partial charge in [0.15, 0.2) is 6.29 Å². The maximum absolute atomic E-state index is 11.9. The second-order valence-corrected chi connectivity index (χ2v) is 5.05. The summed E-state index contributed by atoms with van der Waals surface area (Å²) in [6.45, 7) is 0. The van der Waals surface area contributed by atoms with Crippen LogP contribution in [0, 0.1) is 0 Å². The highest BCUT2D eigenvalue weighted by atomic mass is 79.9. The Labute approximate surface area is 123 Å². The summed E-state index contributed by atoms with van der Waals surface area (Å²) in [7, 11) is 0. The Morgan fingerprint density at radius 3 is 2.68 bits per heavy atom. The van der Waals surface area contributed by atoms with Gasteiger partial charge in [-0.2, -0.15) is 0 Å². The van der Waals surface area contributed by atoms with E-state index < -0.39 is 5.97 Å². The number of ether oxygens (including phenoxy) is 1. The zero-order valence-electron chi connectivity index (χ0n) is 9.60. The van der Waals surface area contributed by atoms with E-state index >= 15 is 0 Å². The zero-order chi connectivity index (χ0) is 13.8. The first kappa shape index (κ1) is 13.8. The summed E-state index contributed by atoms with van der Waals surface area (Å²) in [5.41, 5.74) is 0.622. The van der Waals surface area contributed by atoms with Gasteiger partial charge in [0.05, 0.1) is 11.1 Å². The van der Waals surface area contributed by atoms with E-state index in [0.717, 1.165) is 4.47 Å². The van der Waals surface area contributed by atoms with E-state index in [1.165, 1.54) is 6.07 Å². The van der Waals surface area contributed by atoms with Crippen LogP contribution in [0.25, 0.3) is 0 Å². The lowest BCUT2D eigenvalue weighted by Crippen LogP contribution is -2.09. The van der Waals surface area contributed by atoms with E-state index in [0.29, 0.717) is 22.4 Å². The highest BCUT2D eigenvalue weighted by Crippen LogP contribution is 2.23. The number of esters is 1. The number of carbonyl (C=O) groups is 2. The Kier molecular flexibility index (Phi) is 4.35. The number of hydrogen-bond donors (Lipinski definition) is 0. The molecule has 2 aromatic carbocycles. The Bertz CT molecular complexity index is 640. The van der Waals surface area contributed by atoms with E-state index in [1.807, 2.05) is 0 Å². The number of carbonyl (C=O) groups excluding carboxylic acids is 2. The highest BCUT2D eigenvalue weighted by molar-refractivity contribution is 9.10. The molecule has 2 aromatic rings. The Morgan fingerprint density at radius 2 is 2.00 bits per heavy atom. The van der Waals surface area contributed by atoms with E-state index in [2.05, 4.69) is 15.9 Å². The van der Waals surface area contributed by atoms with Crippen molar-refractivity contribution in [2.45, 2.75) is 0 Å². The molecule has 0 aliphatic heterocycles. The summed E-state index contributed by atoms with van der Waals surface area (Å²) in [5.74, 6) is -0.351. The predicted molar refractivity (Wildman–Crippen MR) is 75.9 cm³/mol. The predicted octanol–water partition coefficient (Wildman–Crippen LogP) is 4.13. The van der Waals surface area contributed by atoms with Crippen molar-refractivity contribution in [3.63, 3.8) is 0 Å². The Morgan fingerprint density at radius 1 is 1.21 bits per heavy atom. The molecule has 0 spiro atoms. The molecule has 5 heteroatoms. The van der Waals surface area contributed by atoms with Gasteiger partial charge in [0.2, 0.25) is 0 Å². The molecule has 0 N–H and O–H groups in total. The molecule has 0 unspecified atom stereocenters. The van der Waals surface area contributed by atoms with Crippen molar-refractivity contribution in [1.29, 1.82) is 0 Å². The second kappa shape index (κ2) is 5.99. The minimum absolute atomic E-state index is 0.211. The smallest absolute Gasteiger partial charge is 0.343 e. The number of aldehydes is 1. The van der Waals surface area contributed by atoms with Gasteiger partial charge in [-0.1, -0.05) is 33.6 Å². The van der Waals surface area contributed by atoms with Crippen LogP contribution in [0.2, 0.25) is 5.02 Å². The molecule has 0 heterocycles. The molecule has 0 bridgehead atoms. The van der Waals surface area contributed by atoms with Gasteiger partial charge in [0, 0.05) is 9.50 Å². The first-order valence-electron chi connectivity index (χ1n) is 5.32. The van der Waals surface area contributed by atoms with Gasteiger partial charge in [-0.25, -0.2) is 4.79 Å². The summed E-state index contributed by atoms with van der Waals surface area (Å²) < 4.78 is 5.92. The molecule has 0 aliphatic carbocycles. The molecular weight excluding hydrogens is 332 g/mol. The third-order valence-electron chi connectivity index (χ3n) is 2.36. The topological polar surface area (TPSA) is 43.4 Å². The van der Waals surface area contributed by atoms with Crippen molar-refractivity contribution in [3.05, 3.63) is 63.1 Å². The normalized spacial score (nSPS) is 10.0. The summed E-state index contributed by atoms with van der Waals surface area (Å²) >= 11 is 9.04. The first-order chi connectivity index (χ1) is 9.10. The lowest BCUT2D eigenvalue weighted by molar-refractivity contribution is 0.0733. The lowest BCUT2D eigenvalue weighted by atomic mass is 10.2. The van der Waals surface area contributed by atoms with Crippen molar-refractivity contribution in [2.24, 2.45) is 0 Å². The van der Waals surface area contributed by atoms with Crippen molar-refractivity contribution in [1.82, 2.24) is 0 Å². The van der Waals surface area contributed by atoms with Crippen molar-refractivity contribution < 1.29 is 14.3 Å². The largest absolute Gasteiger partial charge is 0.422 e. The van der Waals surface area contributed by atoms with Gasteiger partial charge < -0.3 is 4.74 Å². The molecular formula is C14H8BrClO3. The second-order valence-electron chi connectivity index (χ2n) is 3.70. The number of rotatable bonds is 3. The van der Waals surface area contributed by atoms with Gasteiger partial charge >= 0.3 is 5.97 Å². The van der Waals surface area contributed by atoms with Crippen molar-refractivity contribution in [2.75, 3.05) is 0 Å². The minimum Gasteiger partial charge on any atom is -0.422 e. The van der Waals surface area contributed by atoms with E-state index in [4.69, 9.17) is 16.3 Å². The molecule has 0 amide bonds. The fourth-order valence-electron chi connectivity index (χ4n) is 1.48. The van der Waals surface area contributed by atoms with E-state index in [9.17, 15) is 9.59 Å². The van der Waals surface area contributed by atoms with E-state index in [-0.39, 0.29) is 5.75 Å². The molecule has 0 saturated heterocycles. The minimum atomic E-state index is -0.562. The molecule has 0 radical (unpaired) electrons. The van der Waals surface area contributed by atoms with Crippen LogP contribution in [-0.4, -0.2) is 12.3 Å². The van der Waals surface area contributed by atoms with Crippen LogP contribution in [0.4, 0.5) is 0 Å². The molecule has 0 aromatic heterocycles. The van der Waals surface area contributed by atoms with Gasteiger partial charge in [-0.15, -0.1) is 0 Å². The fraction of sp³-hybridized carbons (Fsp3) is 0. The molecule has 0 aliphatic rings. The maximum atomic E-state index is 11.9. The van der Waals surface area contributed by atoms with Crippen LogP contribution in [0.15, 0.2) is 46.9 Å². The quantitative estimate of drug-likeness (QED) is 0.480. The molecule has 3 nitrogen and oxygen atoms in total. The molecule has 0 fully saturated rings. The molecule has 19 heavy (non-hydrogen) atoms. The molecule has 2 rings (SSSR count). The summed E-state index contributed by atoms with van der Waals surface area (Å²) in [5, 5.41) is 0.445. The van der Waals surface area contributed by atoms with Crippen LogP contribution in [0.1, 0.15) is 20.7 Å².